The summed E-state index contributed by atoms with van der Waals surface area (Å²) in [7, 11) is -3.34. The highest BCUT2D eigenvalue weighted by molar-refractivity contribution is 7.90. The largest absolute Gasteiger partial charge is 0.395 e. The van der Waals surface area contributed by atoms with E-state index in [4.69, 9.17) is 6.57 Å². The summed E-state index contributed by atoms with van der Waals surface area (Å²) in [6.07, 6.45) is -3.58. The Bertz CT molecular complexity index is 1090. The van der Waals surface area contributed by atoms with Crippen molar-refractivity contribution in [2.45, 2.75) is 43.7 Å². The number of benzene rings is 2. The topological polar surface area (TPSA) is 67.6 Å². The zero-order valence-electron chi connectivity index (χ0n) is 18.7. The van der Waals surface area contributed by atoms with E-state index in [0.29, 0.717) is 11.1 Å². The molecule has 0 saturated carbocycles. The van der Waals surface area contributed by atoms with Gasteiger partial charge in [-0.05, 0) is 47.6 Å². The zero-order valence-corrected chi connectivity index (χ0v) is 19.5. The zero-order chi connectivity index (χ0) is 24.8. The maximum atomic E-state index is 14.0. The highest BCUT2D eigenvalue weighted by Crippen LogP contribution is 2.41. The van der Waals surface area contributed by atoms with Crippen LogP contribution in [0.2, 0.25) is 0 Å². The molecule has 0 fully saturated rings. The molecule has 2 aromatic rings. The summed E-state index contributed by atoms with van der Waals surface area (Å²) in [5, 5.41) is 2.39. The van der Waals surface area contributed by atoms with E-state index in [-0.39, 0.29) is 29.5 Å². The van der Waals surface area contributed by atoms with E-state index in [1.807, 2.05) is 13.8 Å². The Labute approximate surface area is 192 Å². The lowest BCUT2D eigenvalue weighted by Crippen LogP contribution is -2.34. The van der Waals surface area contributed by atoms with Crippen LogP contribution >= 0.6 is 0 Å². The van der Waals surface area contributed by atoms with E-state index in [1.54, 1.807) is 24.3 Å². The van der Waals surface area contributed by atoms with Crippen molar-refractivity contribution in [2.75, 3.05) is 12.9 Å². The van der Waals surface area contributed by atoms with Crippen molar-refractivity contribution in [3.63, 3.8) is 0 Å². The van der Waals surface area contributed by atoms with Crippen LogP contribution < -0.4 is 5.32 Å². The van der Waals surface area contributed by atoms with Gasteiger partial charge in [-0.2, -0.15) is 13.2 Å². The van der Waals surface area contributed by atoms with Crippen molar-refractivity contribution >= 4 is 15.7 Å². The summed E-state index contributed by atoms with van der Waals surface area (Å²) in [5.41, 5.74) is 1.37. The molecule has 9 heteroatoms. The van der Waals surface area contributed by atoms with Gasteiger partial charge in [-0.25, -0.2) is 15.0 Å². The summed E-state index contributed by atoms with van der Waals surface area (Å²) in [5.74, 6) is -3.24. The third-order valence-electron chi connectivity index (χ3n) is 5.30. The molecule has 0 aromatic heterocycles. The first-order chi connectivity index (χ1) is 15.3. The van der Waals surface area contributed by atoms with Gasteiger partial charge in [-0.3, -0.25) is 15.0 Å². The van der Waals surface area contributed by atoms with Crippen LogP contribution in [0, 0.1) is 18.4 Å². The van der Waals surface area contributed by atoms with Crippen LogP contribution in [0.5, 0.6) is 0 Å². The van der Waals surface area contributed by atoms with Gasteiger partial charge >= 0.3 is 6.18 Å². The number of hydrogen-bond donors (Lipinski definition) is 1. The number of alkyl halides is 3. The number of nitrogens with one attached hydrogen (secondary N) is 1. The van der Waals surface area contributed by atoms with Gasteiger partial charge in [-0.1, -0.05) is 50.2 Å². The van der Waals surface area contributed by atoms with Gasteiger partial charge in [0.15, 0.2) is 9.84 Å². The molecule has 0 aliphatic rings. The third kappa shape index (κ3) is 7.60. The quantitative estimate of drug-likeness (QED) is 0.486. The molecule has 5 nitrogen and oxygen atoms in total. The summed E-state index contributed by atoms with van der Waals surface area (Å²) >= 11 is 0. The molecule has 0 aliphatic heterocycles. The second-order valence-corrected chi connectivity index (χ2v) is 10.4. The van der Waals surface area contributed by atoms with E-state index in [0.717, 1.165) is 6.26 Å². The van der Waals surface area contributed by atoms with Crippen LogP contribution in [-0.2, 0) is 14.6 Å². The van der Waals surface area contributed by atoms with E-state index in [2.05, 4.69) is 10.2 Å². The molecule has 0 bridgehead atoms. The van der Waals surface area contributed by atoms with Crippen LogP contribution in [0.3, 0.4) is 0 Å². The smallest absolute Gasteiger partial charge is 0.293 e. The number of sulfone groups is 1. The van der Waals surface area contributed by atoms with Gasteiger partial charge in [0.1, 0.15) is 0 Å². The summed E-state index contributed by atoms with van der Waals surface area (Å²) < 4.78 is 65.1. The van der Waals surface area contributed by atoms with Gasteiger partial charge in [-0.15, -0.1) is 0 Å². The Morgan fingerprint density at radius 1 is 1.00 bits per heavy atom. The summed E-state index contributed by atoms with van der Waals surface area (Å²) in [6.45, 7) is 10.2. The van der Waals surface area contributed by atoms with E-state index in [1.165, 1.54) is 24.3 Å². The van der Waals surface area contributed by atoms with Crippen LogP contribution in [0.1, 0.15) is 38.2 Å². The molecule has 178 valence electrons. The molecular formula is C24H27F3N2O3S. The predicted octanol–water partition coefficient (Wildman–Crippen LogP) is 5.45. The van der Waals surface area contributed by atoms with Crippen molar-refractivity contribution in [3.05, 3.63) is 65.5 Å². The maximum absolute atomic E-state index is 14.0. The number of halogens is 3. The van der Waals surface area contributed by atoms with Gasteiger partial charge < -0.3 is 0 Å². The Hall–Kier alpha value is -2.86. The van der Waals surface area contributed by atoms with Crippen molar-refractivity contribution in [3.8, 4) is 11.1 Å². The maximum Gasteiger partial charge on any atom is 0.395 e. The van der Waals surface area contributed by atoms with Crippen LogP contribution in [0.15, 0.2) is 53.4 Å². The SMILES string of the molecule is [C-]#[N+]CNC(=O)[C@H](CC(C)C)C[C@@H](c1ccc(-c2ccc(S(C)(=O)=O)cc2)cc1)C(F)(F)F. The monoisotopic (exact) mass is 480 g/mol. The fraction of sp³-hybridized carbons (Fsp3) is 0.417. The average Bonchev–Trinajstić information content (AvgIpc) is 2.73. The summed E-state index contributed by atoms with van der Waals surface area (Å²) in [6, 6.07) is 12.0. The normalized spacial score (nSPS) is 13.9. The Balaban J connectivity index is 2.31. The third-order valence-corrected chi connectivity index (χ3v) is 6.43. The minimum Gasteiger partial charge on any atom is -0.293 e. The molecule has 33 heavy (non-hydrogen) atoms. The minimum atomic E-state index is -4.55. The molecule has 1 amide bonds. The minimum absolute atomic E-state index is 0.0138. The number of carbonyl (C=O) groups is 1. The number of amides is 1. The van der Waals surface area contributed by atoms with E-state index >= 15 is 0 Å². The van der Waals surface area contributed by atoms with Crippen molar-refractivity contribution in [2.24, 2.45) is 11.8 Å². The first-order valence-corrected chi connectivity index (χ1v) is 12.3. The fourth-order valence-electron chi connectivity index (χ4n) is 3.69. The lowest BCUT2D eigenvalue weighted by molar-refractivity contribution is -0.156. The number of rotatable bonds is 9. The van der Waals surface area contributed by atoms with Gasteiger partial charge in [0.05, 0.1) is 10.8 Å². The van der Waals surface area contributed by atoms with Gasteiger partial charge in [0, 0.05) is 12.2 Å². The Morgan fingerprint density at radius 3 is 1.94 bits per heavy atom. The Morgan fingerprint density at radius 2 is 1.52 bits per heavy atom. The molecule has 0 saturated heterocycles. The van der Waals surface area contributed by atoms with Crippen molar-refractivity contribution in [1.82, 2.24) is 5.32 Å². The summed E-state index contributed by atoms with van der Waals surface area (Å²) in [4.78, 5) is 15.6. The molecule has 0 unspecified atom stereocenters. The predicted molar refractivity (Wildman–Crippen MR) is 121 cm³/mol. The molecule has 2 aromatic carbocycles. The lowest BCUT2D eigenvalue weighted by atomic mass is 9.83. The molecule has 2 atom stereocenters. The molecule has 0 spiro atoms. The van der Waals surface area contributed by atoms with Crippen molar-refractivity contribution < 1.29 is 26.4 Å². The first kappa shape index (κ1) is 26.4. The highest BCUT2D eigenvalue weighted by Gasteiger charge is 2.43. The Kier molecular flexibility index (Phi) is 8.67. The molecule has 0 aliphatic carbocycles. The van der Waals surface area contributed by atoms with Crippen LogP contribution in [0.4, 0.5) is 13.2 Å². The van der Waals surface area contributed by atoms with Gasteiger partial charge in [0.2, 0.25) is 5.91 Å². The average molecular weight is 481 g/mol. The van der Waals surface area contributed by atoms with E-state index < -0.39 is 40.2 Å². The molecule has 0 radical (unpaired) electrons. The number of nitrogens with zero attached hydrogens (tertiary/aromatic N) is 1. The van der Waals surface area contributed by atoms with Crippen LogP contribution in [0.25, 0.3) is 16.0 Å². The number of hydrogen-bond acceptors (Lipinski definition) is 3. The van der Waals surface area contributed by atoms with Gasteiger partial charge in [0.25, 0.3) is 6.67 Å². The van der Waals surface area contributed by atoms with Crippen molar-refractivity contribution in [1.29, 1.82) is 0 Å². The molecular weight excluding hydrogens is 453 g/mol. The number of carbonyl (C=O) groups excluding carboxylic acids is 1. The second-order valence-electron chi connectivity index (χ2n) is 8.43. The molecule has 0 heterocycles. The fourth-order valence-corrected chi connectivity index (χ4v) is 4.32. The first-order valence-electron chi connectivity index (χ1n) is 10.4. The highest BCUT2D eigenvalue weighted by atomic mass is 32.2. The molecule has 2 rings (SSSR count). The standard InChI is InChI=1S/C24H27F3N2O3S/c1-16(2)13-20(23(30)29-15-28-3)14-22(24(25,26)27)19-7-5-17(6-8-19)18-9-11-21(12-10-18)33(4,31)32/h5-12,16,20,22H,13-15H2,1-2,4H3,(H,29,30)/t20-,22+/m1/s1. The van der Waals surface area contributed by atoms with Crippen LogP contribution in [-0.4, -0.2) is 33.4 Å². The second kappa shape index (κ2) is 10.8. The van der Waals surface area contributed by atoms with E-state index in [9.17, 15) is 26.4 Å². The molecule has 1 N–H and O–H groups in total. The lowest BCUT2D eigenvalue weighted by Gasteiger charge is -2.26.